The Hall–Kier alpha value is -1.01. The summed E-state index contributed by atoms with van der Waals surface area (Å²) in [7, 11) is 3.07. The zero-order chi connectivity index (χ0) is 13.2. The van der Waals surface area contributed by atoms with Gasteiger partial charge in [0.1, 0.15) is 6.04 Å². The van der Waals surface area contributed by atoms with E-state index in [9.17, 15) is 18.0 Å². The van der Waals surface area contributed by atoms with Crippen molar-refractivity contribution in [3.8, 4) is 0 Å². The van der Waals surface area contributed by atoms with E-state index in [1.54, 1.807) is 0 Å². The Labute approximate surface area is 103 Å². The topological polar surface area (TPSA) is 20.3 Å². The van der Waals surface area contributed by atoms with Crippen molar-refractivity contribution in [3.63, 3.8) is 0 Å². The molecule has 0 radical (unpaired) electrons. The lowest BCUT2D eigenvalue weighted by Crippen LogP contribution is -2.27. The number of alkyl halides is 3. The molecule has 1 atom stereocenters. The highest BCUT2D eigenvalue weighted by Crippen LogP contribution is 2.36. The van der Waals surface area contributed by atoms with Crippen LogP contribution in [0.3, 0.4) is 0 Å². The zero-order valence-electron chi connectivity index (χ0n) is 9.32. The highest BCUT2D eigenvalue weighted by Gasteiger charge is 2.36. The summed E-state index contributed by atoms with van der Waals surface area (Å²) in [5.74, 6) is 0. The van der Waals surface area contributed by atoms with Crippen molar-refractivity contribution in [2.24, 2.45) is 0 Å². The Kier molecular flexibility index (Phi) is 4.21. The van der Waals surface area contributed by atoms with E-state index in [1.165, 1.54) is 37.2 Å². The van der Waals surface area contributed by atoms with Gasteiger partial charge in [0.15, 0.2) is 0 Å². The van der Waals surface area contributed by atoms with Crippen LogP contribution in [0.4, 0.5) is 13.2 Å². The molecule has 94 valence electrons. The molecule has 2 nitrogen and oxygen atoms in total. The van der Waals surface area contributed by atoms with Crippen molar-refractivity contribution < 1.29 is 18.0 Å². The van der Waals surface area contributed by atoms with Gasteiger partial charge in [-0.1, -0.05) is 18.2 Å². The summed E-state index contributed by atoms with van der Waals surface area (Å²) in [5, 5.41) is -0.619. The first-order valence-corrected chi connectivity index (χ1v) is 5.25. The quantitative estimate of drug-likeness (QED) is 0.846. The van der Waals surface area contributed by atoms with E-state index in [4.69, 9.17) is 0 Å². The van der Waals surface area contributed by atoms with Crippen LogP contribution in [-0.4, -0.2) is 24.1 Å². The monoisotopic (exact) mass is 263 g/mol. The second kappa shape index (κ2) is 5.10. The van der Waals surface area contributed by atoms with Gasteiger partial charge in [0.25, 0.3) is 0 Å². The van der Waals surface area contributed by atoms with Crippen LogP contribution in [0.1, 0.15) is 17.2 Å². The molecule has 6 heteroatoms. The molecule has 1 rings (SSSR count). The molecule has 0 aliphatic rings. The van der Waals surface area contributed by atoms with Crippen molar-refractivity contribution in [1.82, 2.24) is 4.90 Å². The number of rotatable bonds is 3. The van der Waals surface area contributed by atoms with Gasteiger partial charge in [-0.15, -0.1) is 12.6 Å². The highest BCUT2D eigenvalue weighted by atomic mass is 32.1. The number of halogens is 3. The van der Waals surface area contributed by atoms with Gasteiger partial charge in [-0.25, -0.2) is 0 Å². The Morgan fingerprint density at radius 2 is 1.82 bits per heavy atom. The number of nitrogens with zero attached hydrogens (tertiary/aromatic N) is 1. The molecule has 1 aromatic rings. The lowest BCUT2D eigenvalue weighted by molar-refractivity contribution is -0.138. The van der Waals surface area contributed by atoms with Crippen LogP contribution in [0.25, 0.3) is 0 Å². The Morgan fingerprint density at radius 3 is 2.24 bits per heavy atom. The average Bonchev–Trinajstić information content (AvgIpc) is 2.15. The highest BCUT2D eigenvalue weighted by molar-refractivity contribution is 7.96. The van der Waals surface area contributed by atoms with Crippen LogP contribution in [-0.2, 0) is 11.0 Å². The Balaban J connectivity index is 3.34. The van der Waals surface area contributed by atoms with E-state index in [0.29, 0.717) is 0 Å². The zero-order valence-corrected chi connectivity index (χ0v) is 10.2. The molecule has 0 heterocycles. The molecule has 0 aliphatic carbocycles. The van der Waals surface area contributed by atoms with Gasteiger partial charge in [-0.2, -0.15) is 13.2 Å². The van der Waals surface area contributed by atoms with E-state index in [-0.39, 0.29) is 5.56 Å². The maximum Gasteiger partial charge on any atom is 0.416 e. The number of hydrogen-bond acceptors (Lipinski definition) is 2. The molecule has 0 amide bonds. The Morgan fingerprint density at radius 1 is 1.29 bits per heavy atom. The predicted octanol–water partition coefficient (Wildman–Crippen LogP) is 2.76. The molecule has 0 aliphatic heterocycles. The average molecular weight is 263 g/mol. The maximum atomic E-state index is 12.8. The maximum absolute atomic E-state index is 12.8. The van der Waals surface area contributed by atoms with Crippen LogP contribution in [0.2, 0.25) is 0 Å². The lowest BCUT2D eigenvalue weighted by atomic mass is 10.00. The normalized spacial score (nSPS) is 13.8. The van der Waals surface area contributed by atoms with E-state index < -0.39 is 22.9 Å². The molecule has 0 N–H and O–H groups in total. The third kappa shape index (κ3) is 3.23. The number of hydrogen-bond donors (Lipinski definition) is 1. The molecule has 0 saturated carbocycles. The van der Waals surface area contributed by atoms with Crippen molar-refractivity contribution in [2.75, 3.05) is 14.1 Å². The molecule has 1 unspecified atom stereocenters. The minimum absolute atomic E-state index is 0.0787. The van der Waals surface area contributed by atoms with Crippen molar-refractivity contribution in [2.45, 2.75) is 12.2 Å². The smallest absolute Gasteiger partial charge is 0.295 e. The van der Waals surface area contributed by atoms with Crippen molar-refractivity contribution in [1.29, 1.82) is 0 Å². The summed E-state index contributed by atoms with van der Waals surface area (Å²) in [6, 6.07) is 4.01. The molecule has 0 fully saturated rings. The number of benzene rings is 1. The summed E-state index contributed by atoms with van der Waals surface area (Å²) in [4.78, 5) is 12.7. The van der Waals surface area contributed by atoms with E-state index in [1.807, 2.05) is 0 Å². The number of carbonyl (C=O) groups is 1. The summed E-state index contributed by atoms with van der Waals surface area (Å²) >= 11 is 3.64. The molecule has 0 saturated heterocycles. The summed E-state index contributed by atoms with van der Waals surface area (Å²) in [5.41, 5.74) is -0.883. The fourth-order valence-corrected chi connectivity index (χ4v) is 2.00. The number of carbonyl (C=O) groups excluding carboxylic acids is 1. The summed E-state index contributed by atoms with van der Waals surface area (Å²) in [6.45, 7) is 0. The third-order valence-electron chi connectivity index (χ3n) is 2.31. The largest absolute Gasteiger partial charge is 0.416 e. The second-order valence-corrected chi connectivity index (χ2v) is 4.23. The van der Waals surface area contributed by atoms with Crippen molar-refractivity contribution in [3.05, 3.63) is 35.4 Å². The van der Waals surface area contributed by atoms with Gasteiger partial charge >= 0.3 is 6.18 Å². The molecule has 0 bridgehead atoms. The first-order chi connectivity index (χ1) is 7.75. The Bertz CT molecular complexity index is 417. The van der Waals surface area contributed by atoms with Crippen LogP contribution in [0.15, 0.2) is 24.3 Å². The lowest BCUT2D eigenvalue weighted by Gasteiger charge is -2.24. The van der Waals surface area contributed by atoms with Gasteiger partial charge in [-0.05, 0) is 25.7 Å². The fourth-order valence-electron chi connectivity index (χ4n) is 1.63. The number of likely N-dealkylation sites (N-methyl/N-ethyl adjacent to an activating group) is 1. The standard InChI is InChI=1S/C11H12F3NOS/c1-15(2)9(10(16)17)7-5-3-4-6-8(7)11(12,13)14/h3-6,9H,1-2H3,(H,16,17). The van der Waals surface area contributed by atoms with E-state index in [2.05, 4.69) is 12.6 Å². The van der Waals surface area contributed by atoms with Crippen LogP contribution < -0.4 is 0 Å². The van der Waals surface area contributed by atoms with Gasteiger partial charge in [-0.3, -0.25) is 9.69 Å². The van der Waals surface area contributed by atoms with Crippen molar-refractivity contribution >= 4 is 17.7 Å². The number of thiol groups is 1. The first kappa shape index (κ1) is 14.1. The predicted molar refractivity (Wildman–Crippen MR) is 61.9 cm³/mol. The SMILES string of the molecule is CN(C)C(C(=O)S)c1ccccc1C(F)(F)F. The fraction of sp³-hybridized carbons (Fsp3) is 0.364. The van der Waals surface area contributed by atoms with E-state index in [0.717, 1.165) is 6.07 Å². The van der Waals surface area contributed by atoms with Gasteiger partial charge in [0.2, 0.25) is 5.12 Å². The first-order valence-electron chi connectivity index (χ1n) is 4.80. The molecular weight excluding hydrogens is 251 g/mol. The minimum Gasteiger partial charge on any atom is -0.295 e. The van der Waals surface area contributed by atoms with Crippen LogP contribution in [0, 0.1) is 0 Å². The minimum atomic E-state index is -4.48. The van der Waals surface area contributed by atoms with Gasteiger partial charge in [0.05, 0.1) is 5.56 Å². The summed E-state index contributed by atoms with van der Waals surface area (Å²) < 4.78 is 38.3. The van der Waals surface area contributed by atoms with Crippen LogP contribution >= 0.6 is 12.6 Å². The second-order valence-electron chi connectivity index (χ2n) is 3.79. The van der Waals surface area contributed by atoms with Crippen LogP contribution in [0.5, 0.6) is 0 Å². The molecule has 0 aromatic heterocycles. The summed E-state index contributed by atoms with van der Waals surface area (Å²) in [6.07, 6.45) is -4.48. The third-order valence-corrected chi connectivity index (χ3v) is 2.56. The van der Waals surface area contributed by atoms with Gasteiger partial charge in [0, 0.05) is 0 Å². The molecular formula is C11H12F3NOS. The van der Waals surface area contributed by atoms with E-state index >= 15 is 0 Å². The molecule has 1 aromatic carbocycles. The van der Waals surface area contributed by atoms with Gasteiger partial charge < -0.3 is 0 Å². The molecule has 0 spiro atoms. The molecule has 17 heavy (non-hydrogen) atoms.